The lowest BCUT2D eigenvalue weighted by molar-refractivity contribution is 0.142. The number of benzene rings is 1. The van der Waals surface area contributed by atoms with Gasteiger partial charge in [-0.3, -0.25) is 4.79 Å². The van der Waals surface area contributed by atoms with E-state index in [9.17, 15) is 19.8 Å². The number of fused-ring (bicyclic) bond motifs is 4. The molecule has 0 saturated heterocycles. The Balaban J connectivity index is 1.84. The van der Waals surface area contributed by atoms with E-state index in [1.54, 1.807) is 0 Å². The van der Waals surface area contributed by atoms with Crippen molar-refractivity contribution in [2.75, 3.05) is 13.2 Å². The van der Waals surface area contributed by atoms with Crippen LogP contribution in [-0.2, 0) is 20.0 Å². The molecule has 5 N–H and O–H groups in total. The monoisotopic (exact) mass is 429 g/mol. The highest BCUT2D eigenvalue weighted by molar-refractivity contribution is 5.90. The van der Waals surface area contributed by atoms with Gasteiger partial charge in [0.1, 0.15) is 5.75 Å². The fraction of sp³-hybridized carbons (Fsp3) is 0.333. The summed E-state index contributed by atoms with van der Waals surface area (Å²) in [5.74, 6) is -0.617. The van der Waals surface area contributed by atoms with E-state index in [-0.39, 0.29) is 25.7 Å². The van der Waals surface area contributed by atoms with Crippen molar-refractivity contribution in [3.05, 3.63) is 39.8 Å². The molecule has 10 nitrogen and oxygen atoms in total. The van der Waals surface area contributed by atoms with Crippen LogP contribution in [0.3, 0.4) is 0 Å². The van der Waals surface area contributed by atoms with Gasteiger partial charge in [-0.05, 0) is 19.1 Å². The Hall–Kier alpha value is -3.50. The molecular weight excluding hydrogens is 406 g/mol. The number of aliphatic hydroxyl groups excluding tert-OH is 1. The van der Waals surface area contributed by atoms with Crippen LogP contribution in [0.5, 0.6) is 17.2 Å². The number of aryl methyl sites for hydroxylation is 1. The molecule has 3 heterocycles. The van der Waals surface area contributed by atoms with Crippen molar-refractivity contribution in [2.24, 2.45) is 7.05 Å². The van der Waals surface area contributed by atoms with Crippen molar-refractivity contribution < 1.29 is 29.6 Å². The number of aromatic nitrogens is 2. The average molecular weight is 429 g/mol. The Bertz CT molecular complexity index is 1230. The van der Waals surface area contributed by atoms with Gasteiger partial charge in [-0.1, -0.05) is 0 Å². The molecule has 1 aliphatic rings. The number of aliphatic hydroxyl groups is 1. The van der Waals surface area contributed by atoms with Gasteiger partial charge in [0.15, 0.2) is 5.75 Å². The van der Waals surface area contributed by atoms with Crippen LogP contribution >= 0.6 is 0 Å². The van der Waals surface area contributed by atoms with Crippen LogP contribution in [0.2, 0.25) is 0 Å². The topological polar surface area (TPSA) is 146 Å². The van der Waals surface area contributed by atoms with Gasteiger partial charge in [0.05, 0.1) is 24.4 Å². The first kappa shape index (κ1) is 20.8. The van der Waals surface area contributed by atoms with Gasteiger partial charge in [-0.15, -0.1) is 0 Å². The van der Waals surface area contributed by atoms with Gasteiger partial charge < -0.3 is 39.7 Å². The number of ether oxygens (including phenoxy) is 2. The van der Waals surface area contributed by atoms with Crippen LogP contribution in [0.15, 0.2) is 23.0 Å². The molecule has 1 unspecified atom stereocenters. The van der Waals surface area contributed by atoms with Crippen molar-refractivity contribution >= 4 is 17.1 Å². The molecule has 0 saturated carbocycles. The molecule has 1 atom stereocenters. The standard InChI is InChI=1S/C21H23N3O7/c1-10(9-25)22-8-12-5-11-6-14-16(7-15(11)24(12)2)30-4-3-13-17(14)23-20(27)19(18(13)26)31-21(28)29/h5-7,10,22,25H,3-4,8-9H2,1-2H3,(H,28,29)(H2,23,26,27). The van der Waals surface area contributed by atoms with Gasteiger partial charge in [-0.2, -0.15) is 0 Å². The van der Waals surface area contributed by atoms with Crippen LogP contribution in [0.1, 0.15) is 18.2 Å². The summed E-state index contributed by atoms with van der Waals surface area (Å²) in [7, 11) is 1.93. The minimum Gasteiger partial charge on any atom is -0.504 e. The maximum absolute atomic E-state index is 12.4. The fourth-order valence-electron chi connectivity index (χ4n) is 3.78. The van der Waals surface area contributed by atoms with Crippen molar-refractivity contribution in [1.82, 2.24) is 14.9 Å². The largest absolute Gasteiger partial charge is 0.511 e. The second kappa shape index (κ2) is 7.97. The fourth-order valence-corrected chi connectivity index (χ4v) is 3.78. The van der Waals surface area contributed by atoms with E-state index in [1.165, 1.54) is 0 Å². The quantitative estimate of drug-likeness (QED) is 0.385. The second-order valence-corrected chi connectivity index (χ2v) is 7.52. The van der Waals surface area contributed by atoms with Gasteiger partial charge >= 0.3 is 6.16 Å². The zero-order valence-corrected chi connectivity index (χ0v) is 17.1. The third-order valence-corrected chi connectivity index (χ3v) is 5.46. The Kier molecular flexibility index (Phi) is 5.34. The van der Waals surface area contributed by atoms with Gasteiger partial charge in [0.25, 0.3) is 5.56 Å². The van der Waals surface area contributed by atoms with Crippen LogP contribution in [-0.4, -0.2) is 50.3 Å². The van der Waals surface area contributed by atoms with Crippen molar-refractivity contribution in [2.45, 2.75) is 25.9 Å². The summed E-state index contributed by atoms with van der Waals surface area (Å²) in [6.07, 6.45) is -1.43. The maximum atomic E-state index is 12.4. The number of rotatable bonds is 5. The first-order valence-corrected chi connectivity index (χ1v) is 9.78. The predicted octanol–water partition coefficient (Wildman–Crippen LogP) is 1.70. The molecular formula is C21H23N3O7. The van der Waals surface area contributed by atoms with Crippen molar-refractivity contribution in [3.63, 3.8) is 0 Å². The lowest BCUT2D eigenvalue weighted by atomic mass is 10.0. The van der Waals surface area contributed by atoms with E-state index in [0.29, 0.717) is 29.1 Å². The number of nitrogens with one attached hydrogen (secondary N) is 2. The molecule has 2 aromatic heterocycles. The molecule has 1 aliphatic heterocycles. The number of H-pyrrole nitrogens is 1. The number of carbonyl (C=O) groups is 1. The molecule has 4 rings (SSSR count). The highest BCUT2D eigenvalue weighted by Gasteiger charge is 2.26. The number of hydrogen-bond acceptors (Lipinski definition) is 7. The minimum absolute atomic E-state index is 0.0350. The third kappa shape index (κ3) is 3.71. The average Bonchev–Trinajstić information content (AvgIpc) is 2.92. The summed E-state index contributed by atoms with van der Waals surface area (Å²) in [6, 6.07) is 5.69. The second-order valence-electron chi connectivity index (χ2n) is 7.52. The number of pyridine rings is 1. The first-order valence-electron chi connectivity index (χ1n) is 9.78. The SMILES string of the molecule is CC(CO)NCc1cc2cc3c(cc2n1C)OCCc1c-3[nH]c(=O)c(OC(=O)O)c1O. The van der Waals surface area contributed by atoms with Crippen LogP contribution < -0.4 is 20.3 Å². The molecule has 0 bridgehead atoms. The normalized spacial score (nSPS) is 13.8. The Morgan fingerprint density at radius 1 is 1.39 bits per heavy atom. The Labute approximate surface area is 176 Å². The minimum atomic E-state index is -1.69. The molecule has 0 aliphatic carbocycles. The van der Waals surface area contributed by atoms with E-state index in [4.69, 9.17) is 9.84 Å². The van der Waals surface area contributed by atoms with E-state index in [1.807, 2.05) is 36.7 Å². The predicted molar refractivity (Wildman–Crippen MR) is 112 cm³/mol. The lowest BCUT2D eigenvalue weighted by Crippen LogP contribution is -2.29. The van der Waals surface area contributed by atoms with E-state index in [0.717, 1.165) is 16.6 Å². The summed E-state index contributed by atoms with van der Waals surface area (Å²) >= 11 is 0. The number of hydrogen-bond donors (Lipinski definition) is 5. The van der Waals surface area contributed by atoms with Crippen LogP contribution in [0.4, 0.5) is 4.79 Å². The summed E-state index contributed by atoms with van der Waals surface area (Å²) in [4.78, 5) is 25.9. The first-order chi connectivity index (χ1) is 14.8. The van der Waals surface area contributed by atoms with E-state index < -0.39 is 23.2 Å². The molecule has 0 fully saturated rings. The summed E-state index contributed by atoms with van der Waals surface area (Å²) in [5.41, 5.74) is 2.38. The van der Waals surface area contributed by atoms with Gasteiger partial charge in [0.2, 0.25) is 5.75 Å². The van der Waals surface area contributed by atoms with Crippen molar-refractivity contribution in [3.8, 4) is 28.5 Å². The number of aromatic hydroxyl groups is 1. The molecule has 0 spiro atoms. The highest BCUT2D eigenvalue weighted by Crippen LogP contribution is 2.41. The third-order valence-electron chi connectivity index (χ3n) is 5.46. The van der Waals surface area contributed by atoms with Gasteiger partial charge in [0, 0.05) is 54.3 Å². The molecule has 31 heavy (non-hydrogen) atoms. The number of carboxylic acid groups (broad SMARTS) is 1. The van der Waals surface area contributed by atoms with Gasteiger partial charge in [-0.25, -0.2) is 4.79 Å². The maximum Gasteiger partial charge on any atom is 0.511 e. The molecule has 164 valence electrons. The van der Waals surface area contributed by atoms with E-state index >= 15 is 0 Å². The lowest BCUT2D eigenvalue weighted by Gasteiger charge is -2.12. The number of nitrogens with zero attached hydrogens (tertiary/aromatic N) is 1. The molecule has 1 aromatic carbocycles. The zero-order valence-electron chi connectivity index (χ0n) is 17.1. The van der Waals surface area contributed by atoms with E-state index in [2.05, 4.69) is 15.0 Å². The van der Waals surface area contributed by atoms with Crippen molar-refractivity contribution in [1.29, 1.82) is 0 Å². The molecule has 0 amide bonds. The smallest absolute Gasteiger partial charge is 0.504 e. The zero-order chi connectivity index (χ0) is 22.3. The molecule has 10 heteroatoms. The Morgan fingerprint density at radius 2 is 2.16 bits per heavy atom. The molecule has 0 radical (unpaired) electrons. The highest BCUT2D eigenvalue weighted by atomic mass is 16.7. The number of aromatic amines is 1. The Morgan fingerprint density at radius 3 is 2.87 bits per heavy atom. The van der Waals surface area contributed by atoms with Crippen LogP contribution in [0, 0.1) is 0 Å². The van der Waals surface area contributed by atoms with Crippen LogP contribution in [0.25, 0.3) is 22.2 Å². The summed E-state index contributed by atoms with van der Waals surface area (Å²) in [5, 5.41) is 32.7. The summed E-state index contributed by atoms with van der Waals surface area (Å²) < 4.78 is 12.4. The summed E-state index contributed by atoms with van der Waals surface area (Å²) in [6.45, 7) is 2.71. The molecule has 3 aromatic rings.